The van der Waals surface area contributed by atoms with Crippen molar-refractivity contribution in [2.45, 2.75) is 85.2 Å². The number of ether oxygens (including phenoxy) is 2. The minimum Gasteiger partial charge on any atom is -0.461 e. The summed E-state index contributed by atoms with van der Waals surface area (Å²) in [5.41, 5.74) is -0.432. The van der Waals surface area contributed by atoms with E-state index >= 15 is 0 Å². The first-order valence-electron chi connectivity index (χ1n) is 12.5. The van der Waals surface area contributed by atoms with Crippen LogP contribution in [0, 0.1) is 11.3 Å². The van der Waals surface area contributed by atoms with E-state index in [1.165, 1.54) is 13.0 Å². The lowest BCUT2D eigenvalue weighted by molar-refractivity contribution is -0.182. The number of aliphatic hydroxyl groups is 1. The van der Waals surface area contributed by atoms with E-state index in [4.69, 9.17) is 9.47 Å². The van der Waals surface area contributed by atoms with Gasteiger partial charge in [-0.2, -0.15) is 0 Å². The third-order valence-corrected chi connectivity index (χ3v) is 6.70. The maximum Gasteiger partial charge on any atom is 0.322 e. The van der Waals surface area contributed by atoms with E-state index in [2.05, 4.69) is 5.32 Å². The molecule has 0 aromatic heterocycles. The lowest BCUT2D eigenvalue weighted by Gasteiger charge is -2.42. The standard InChI is InChI=1S/C28H37NO8/c1-7-24(32)36-21-13-10-16(2)8-11-20(31)12-9-17(3)14-23(29-26(34)19(5)30)28(6)25(33)18(4)22(15-21)37-27(28)35/h8-10,12-14,18,20-23,31H,7,11,15H2,1-6H3,(H,29,34)/b12-9+,13-10-,16-8-,17-14-/t18-,20+,21-,22-,23-,28+/m1/s1. The molecule has 0 aromatic rings. The van der Waals surface area contributed by atoms with Gasteiger partial charge in [0.05, 0.1) is 18.1 Å². The van der Waals surface area contributed by atoms with Gasteiger partial charge in [0.2, 0.25) is 5.78 Å². The topological polar surface area (TPSA) is 136 Å². The first-order chi connectivity index (χ1) is 17.3. The van der Waals surface area contributed by atoms with Crippen molar-refractivity contribution in [1.82, 2.24) is 5.32 Å². The van der Waals surface area contributed by atoms with E-state index in [0.717, 1.165) is 12.5 Å². The van der Waals surface area contributed by atoms with Crippen LogP contribution in [0.5, 0.6) is 0 Å². The number of amides is 1. The summed E-state index contributed by atoms with van der Waals surface area (Å²) in [6.07, 6.45) is 8.00. The summed E-state index contributed by atoms with van der Waals surface area (Å²) in [5, 5.41) is 12.9. The van der Waals surface area contributed by atoms with E-state index in [0.29, 0.717) is 12.0 Å². The molecule has 0 saturated carbocycles. The second-order valence-electron chi connectivity index (χ2n) is 9.80. The minimum absolute atomic E-state index is 0.0633. The summed E-state index contributed by atoms with van der Waals surface area (Å²) in [4.78, 5) is 63.1. The molecule has 2 heterocycles. The summed E-state index contributed by atoms with van der Waals surface area (Å²) >= 11 is 0. The molecule has 2 aliphatic heterocycles. The predicted octanol–water partition coefficient (Wildman–Crippen LogP) is 2.68. The number of hydrogen-bond acceptors (Lipinski definition) is 8. The van der Waals surface area contributed by atoms with Gasteiger partial charge in [0.1, 0.15) is 17.6 Å². The van der Waals surface area contributed by atoms with Crippen molar-refractivity contribution >= 4 is 29.4 Å². The van der Waals surface area contributed by atoms with Crippen LogP contribution in [0.2, 0.25) is 0 Å². The highest BCUT2D eigenvalue weighted by Gasteiger charge is 2.56. The Bertz CT molecular complexity index is 1050. The quantitative estimate of drug-likeness (QED) is 0.331. The first kappa shape index (κ1) is 29.9. The minimum atomic E-state index is -1.81. The van der Waals surface area contributed by atoms with Gasteiger partial charge in [-0.25, -0.2) is 0 Å². The zero-order valence-electron chi connectivity index (χ0n) is 22.3. The van der Waals surface area contributed by atoms with E-state index < -0.39 is 65.1 Å². The number of esters is 2. The smallest absolute Gasteiger partial charge is 0.322 e. The molecule has 1 saturated heterocycles. The number of carbonyl (C=O) groups is 5. The molecule has 2 bridgehead atoms. The number of nitrogens with one attached hydrogen (secondary N) is 1. The monoisotopic (exact) mass is 515 g/mol. The SMILES string of the molecule is CCC(=O)O[C@@H]1/C=C\C(C)=C/C[C@H](O)/C=C/C(C)=C\[C@@H](NC(=O)C(C)=O)[C@]2(C)C(=O)O[C@H](C1)[C@@H](C)C2=O. The van der Waals surface area contributed by atoms with Gasteiger partial charge in [0.25, 0.3) is 5.91 Å². The Labute approximate surface area is 217 Å². The number of carbonyl (C=O) groups excluding carboxylic acids is 5. The van der Waals surface area contributed by atoms with Crippen molar-refractivity contribution in [2.24, 2.45) is 11.3 Å². The Balaban J connectivity index is 2.60. The van der Waals surface area contributed by atoms with Crippen molar-refractivity contribution < 1.29 is 38.6 Å². The zero-order chi connectivity index (χ0) is 27.9. The molecule has 2 N–H and O–H groups in total. The second-order valence-corrected chi connectivity index (χ2v) is 9.80. The summed E-state index contributed by atoms with van der Waals surface area (Å²) in [5.74, 6) is -4.28. The third-order valence-electron chi connectivity index (χ3n) is 6.70. The number of rotatable bonds is 4. The molecule has 37 heavy (non-hydrogen) atoms. The summed E-state index contributed by atoms with van der Waals surface area (Å²) in [6, 6.07) is -1.18. The van der Waals surface area contributed by atoms with Crippen LogP contribution in [0.4, 0.5) is 0 Å². The highest BCUT2D eigenvalue weighted by molar-refractivity contribution is 6.35. The van der Waals surface area contributed by atoms with Crippen LogP contribution < -0.4 is 5.32 Å². The molecular formula is C28H37NO8. The van der Waals surface area contributed by atoms with Crippen LogP contribution in [0.15, 0.2) is 47.6 Å². The molecule has 1 amide bonds. The summed E-state index contributed by atoms with van der Waals surface area (Å²) < 4.78 is 11.3. The fraction of sp³-hybridized carbons (Fsp3) is 0.536. The van der Waals surface area contributed by atoms with Gasteiger partial charge in [-0.3, -0.25) is 24.0 Å². The maximum absolute atomic E-state index is 13.7. The highest BCUT2D eigenvalue weighted by atomic mass is 16.6. The largest absolute Gasteiger partial charge is 0.461 e. The molecule has 1 fully saturated rings. The lowest BCUT2D eigenvalue weighted by Crippen LogP contribution is -2.61. The number of hydrogen-bond donors (Lipinski definition) is 2. The molecule has 6 atom stereocenters. The van der Waals surface area contributed by atoms with Gasteiger partial charge in [0, 0.05) is 19.8 Å². The van der Waals surface area contributed by atoms with E-state index in [9.17, 15) is 29.1 Å². The molecule has 0 unspecified atom stereocenters. The normalized spacial score (nSPS) is 35.6. The van der Waals surface area contributed by atoms with Crippen LogP contribution in [0.25, 0.3) is 0 Å². The average molecular weight is 516 g/mol. The summed E-state index contributed by atoms with van der Waals surface area (Å²) in [6.45, 7) is 9.28. The average Bonchev–Trinajstić information content (AvgIpc) is 2.85. The number of ketones is 2. The van der Waals surface area contributed by atoms with Gasteiger partial charge in [-0.15, -0.1) is 0 Å². The summed E-state index contributed by atoms with van der Waals surface area (Å²) in [7, 11) is 0. The Kier molecular flexibility index (Phi) is 10.3. The molecule has 0 spiro atoms. The van der Waals surface area contributed by atoms with Gasteiger partial charge >= 0.3 is 11.9 Å². The van der Waals surface area contributed by atoms with Crippen molar-refractivity contribution in [3.63, 3.8) is 0 Å². The van der Waals surface area contributed by atoms with Crippen molar-refractivity contribution in [3.8, 4) is 0 Å². The van der Waals surface area contributed by atoms with Crippen LogP contribution in [0.1, 0.15) is 60.8 Å². The molecule has 9 heteroatoms. The second kappa shape index (κ2) is 12.8. The Morgan fingerprint density at radius 3 is 2.43 bits per heavy atom. The van der Waals surface area contributed by atoms with Crippen molar-refractivity contribution in [3.05, 3.63) is 47.6 Å². The van der Waals surface area contributed by atoms with Gasteiger partial charge < -0.3 is 19.9 Å². The Morgan fingerprint density at radius 2 is 1.81 bits per heavy atom. The van der Waals surface area contributed by atoms with E-state index in [1.807, 2.05) is 13.0 Å². The predicted molar refractivity (Wildman–Crippen MR) is 136 cm³/mol. The first-order valence-corrected chi connectivity index (χ1v) is 12.5. The zero-order valence-corrected chi connectivity index (χ0v) is 22.3. The molecular weight excluding hydrogens is 478 g/mol. The van der Waals surface area contributed by atoms with Crippen LogP contribution >= 0.6 is 0 Å². The molecule has 3 rings (SSSR count). The fourth-order valence-corrected chi connectivity index (χ4v) is 4.17. The number of aliphatic hydroxyl groups excluding tert-OH is 1. The van der Waals surface area contributed by atoms with E-state index in [-0.39, 0.29) is 12.8 Å². The maximum atomic E-state index is 13.7. The van der Waals surface area contributed by atoms with Gasteiger partial charge in [-0.1, -0.05) is 55.4 Å². The molecule has 0 aromatic carbocycles. The van der Waals surface area contributed by atoms with Gasteiger partial charge in [-0.05, 0) is 33.3 Å². The molecule has 9 nitrogen and oxygen atoms in total. The molecule has 202 valence electrons. The number of allylic oxidation sites excluding steroid dienone is 4. The van der Waals surface area contributed by atoms with Crippen LogP contribution in [-0.2, 0) is 33.4 Å². The van der Waals surface area contributed by atoms with Gasteiger partial charge in [0.15, 0.2) is 5.78 Å². The fourth-order valence-electron chi connectivity index (χ4n) is 4.17. The van der Waals surface area contributed by atoms with Crippen LogP contribution in [0.3, 0.4) is 0 Å². The Hall–Kier alpha value is -3.33. The Morgan fingerprint density at radius 1 is 1.16 bits per heavy atom. The number of Topliss-reactive ketones (excluding diaryl/α,β-unsaturated/α-hetero) is 2. The van der Waals surface area contributed by atoms with Crippen molar-refractivity contribution in [2.75, 3.05) is 0 Å². The lowest BCUT2D eigenvalue weighted by atomic mass is 9.69. The molecule has 1 aliphatic carbocycles. The van der Waals surface area contributed by atoms with Crippen LogP contribution in [-0.4, -0.2) is 58.9 Å². The molecule has 0 radical (unpaired) electrons. The molecule has 3 aliphatic rings. The highest BCUT2D eigenvalue weighted by Crippen LogP contribution is 2.38. The van der Waals surface area contributed by atoms with E-state index in [1.54, 1.807) is 45.1 Å². The third kappa shape index (κ3) is 7.58. The van der Waals surface area contributed by atoms with Crippen molar-refractivity contribution in [1.29, 1.82) is 0 Å². The number of fused-ring (bicyclic) bond motifs is 10.